The van der Waals surface area contributed by atoms with Gasteiger partial charge in [-0.15, -0.1) is 0 Å². The van der Waals surface area contributed by atoms with Crippen LogP contribution in [0.4, 0.5) is 0 Å². The topological polar surface area (TPSA) is 12.4 Å². The molecule has 0 amide bonds. The molecule has 1 rings (SSSR count). The Bertz CT molecular complexity index is 133. The molecule has 0 aromatic rings. The lowest BCUT2D eigenvalue weighted by molar-refractivity contribution is 0.752. The number of rotatable bonds is 0. The first kappa shape index (κ1) is 5.54. The third-order valence-electron chi connectivity index (χ3n) is 1.26. The standard InChI is InChI=1S/C7H11N/c1-6-4-3-5-7(2)8-6/h3-4,7H,5H2,1-2H3/t7-/m0/s1. The molecule has 0 aromatic carbocycles. The van der Waals surface area contributed by atoms with E-state index in [1.807, 2.05) is 6.92 Å². The van der Waals surface area contributed by atoms with E-state index >= 15 is 0 Å². The minimum Gasteiger partial charge on any atom is -0.287 e. The zero-order valence-corrected chi connectivity index (χ0v) is 5.39. The molecule has 8 heavy (non-hydrogen) atoms. The van der Waals surface area contributed by atoms with Crippen LogP contribution in [0.15, 0.2) is 17.1 Å². The summed E-state index contributed by atoms with van der Waals surface area (Å²) < 4.78 is 0. The zero-order valence-electron chi connectivity index (χ0n) is 5.39. The maximum absolute atomic E-state index is 4.31. The summed E-state index contributed by atoms with van der Waals surface area (Å²) in [5.41, 5.74) is 1.16. The first-order valence-electron chi connectivity index (χ1n) is 3.00. The molecule has 0 aliphatic carbocycles. The van der Waals surface area contributed by atoms with Crippen LogP contribution in [0.25, 0.3) is 0 Å². The van der Waals surface area contributed by atoms with Gasteiger partial charge in [0, 0.05) is 5.71 Å². The fraction of sp³-hybridized carbons (Fsp3) is 0.571. The van der Waals surface area contributed by atoms with Crippen molar-refractivity contribution in [2.45, 2.75) is 26.3 Å². The third kappa shape index (κ3) is 1.19. The third-order valence-corrected chi connectivity index (χ3v) is 1.26. The lowest BCUT2D eigenvalue weighted by atomic mass is 10.1. The second-order valence-electron chi connectivity index (χ2n) is 2.26. The Morgan fingerprint density at radius 2 is 2.50 bits per heavy atom. The lowest BCUT2D eigenvalue weighted by Gasteiger charge is -2.07. The summed E-state index contributed by atoms with van der Waals surface area (Å²) in [6, 6.07) is 0.514. The summed E-state index contributed by atoms with van der Waals surface area (Å²) in [7, 11) is 0. The lowest BCUT2D eigenvalue weighted by Crippen LogP contribution is -2.03. The first-order valence-corrected chi connectivity index (χ1v) is 3.00. The van der Waals surface area contributed by atoms with Crippen LogP contribution in [0.1, 0.15) is 20.3 Å². The van der Waals surface area contributed by atoms with E-state index in [2.05, 4.69) is 24.1 Å². The molecule has 0 saturated heterocycles. The minimum atomic E-state index is 0.514. The van der Waals surface area contributed by atoms with E-state index in [1.54, 1.807) is 0 Å². The van der Waals surface area contributed by atoms with E-state index in [0.29, 0.717) is 6.04 Å². The molecule has 0 fully saturated rings. The number of aliphatic imine (C=N–C) groups is 1. The molecule has 0 saturated carbocycles. The summed E-state index contributed by atoms with van der Waals surface area (Å²) in [4.78, 5) is 4.31. The molecule has 0 unspecified atom stereocenters. The van der Waals surface area contributed by atoms with E-state index < -0.39 is 0 Å². The van der Waals surface area contributed by atoms with Crippen molar-refractivity contribution >= 4 is 5.71 Å². The van der Waals surface area contributed by atoms with Crippen molar-refractivity contribution < 1.29 is 0 Å². The van der Waals surface area contributed by atoms with Crippen LogP contribution in [-0.4, -0.2) is 11.8 Å². The summed E-state index contributed by atoms with van der Waals surface area (Å²) in [6.07, 6.45) is 5.35. The minimum absolute atomic E-state index is 0.514. The van der Waals surface area contributed by atoms with Crippen molar-refractivity contribution in [1.29, 1.82) is 0 Å². The highest BCUT2D eigenvalue weighted by molar-refractivity contribution is 5.93. The van der Waals surface area contributed by atoms with Gasteiger partial charge in [0.2, 0.25) is 0 Å². The van der Waals surface area contributed by atoms with E-state index in [0.717, 1.165) is 12.1 Å². The Kier molecular flexibility index (Phi) is 1.47. The van der Waals surface area contributed by atoms with Crippen molar-refractivity contribution in [2.24, 2.45) is 4.99 Å². The van der Waals surface area contributed by atoms with Gasteiger partial charge in [-0.1, -0.05) is 6.08 Å². The highest BCUT2D eigenvalue weighted by Gasteiger charge is 1.99. The molecule has 0 N–H and O–H groups in total. The van der Waals surface area contributed by atoms with Gasteiger partial charge in [-0.25, -0.2) is 0 Å². The van der Waals surface area contributed by atoms with Gasteiger partial charge in [-0.3, -0.25) is 4.99 Å². The Morgan fingerprint density at radius 1 is 1.75 bits per heavy atom. The Labute approximate surface area is 50.1 Å². The van der Waals surface area contributed by atoms with Crippen LogP contribution in [0.2, 0.25) is 0 Å². The largest absolute Gasteiger partial charge is 0.287 e. The summed E-state index contributed by atoms with van der Waals surface area (Å²) >= 11 is 0. The van der Waals surface area contributed by atoms with Crippen LogP contribution < -0.4 is 0 Å². The molecule has 1 nitrogen and oxygen atoms in total. The quantitative estimate of drug-likeness (QED) is 0.449. The number of hydrogen-bond acceptors (Lipinski definition) is 1. The van der Waals surface area contributed by atoms with Gasteiger partial charge in [0.05, 0.1) is 6.04 Å². The molecule has 44 valence electrons. The summed E-state index contributed by atoms with van der Waals surface area (Å²) in [6.45, 7) is 4.17. The number of nitrogens with zero attached hydrogens (tertiary/aromatic N) is 1. The van der Waals surface area contributed by atoms with Gasteiger partial charge >= 0.3 is 0 Å². The van der Waals surface area contributed by atoms with Gasteiger partial charge in [0.1, 0.15) is 0 Å². The molecule has 0 radical (unpaired) electrons. The normalized spacial score (nSPS) is 27.8. The molecule has 1 aliphatic rings. The Balaban J connectivity index is 2.63. The zero-order chi connectivity index (χ0) is 5.98. The predicted molar refractivity (Wildman–Crippen MR) is 36.3 cm³/mol. The number of allylic oxidation sites excluding steroid dienone is 1. The van der Waals surface area contributed by atoms with Crippen molar-refractivity contribution in [1.82, 2.24) is 0 Å². The molecule has 0 bridgehead atoms. The van der Waals surface area contributed by atoms with Gasteiger partial charge in [0.25, 0.3) is 0 Å². The Morgan fingerprint density at radius 3 is 2.88 bits per heavy atom. The first-order chi connectivity index (χ1) is 3.79. The molecule has 0 aromatic heterocycles. The van der Waals surface area contributed by atoms with E-state index in [-0.39, 0.29) is 0 Å². The van der Waals surface area contributed by atoms with E-state index in [9.17, 15) is 0 Å². The fourth-order valence-corrected chi connectivity index (χ4v) is 0.879. The molecule has 1 atom stereocenters. The monoisotopic (exact) mass is 109 g/mol. The molecule has 1 heteroatoms. The van der Waals surface area contributed by atoms with Crippen LogP contribution >= 0.6 is 0 Å². The average Bonchev–Trinajstić information content (AvgIpc) is 1.64. The van der Waals surface area contributed by atoms with Crippen molar-refractivity contribution in [3.63, 3.8) is 0 Å². The second-order valence-corrected chi connectivity index (χ2v) is 2.26. The molecule has 0 spiro atoms. The SMILES string of the molecule is CC1=N[C@@H](C)CC=C1. The smallest absolute Gasteiger partial charge is 0.0509 e. The maximum Gasteiger partial charge on any atom is 0.0509 e. The summed E-state index contributed by atoms with van der Waals surface area (Å²) in [5, 5.41) is 0. The van der Waals surface area contributed by atoms with E-state index in [4.69, 9.17) is 0 Å². The van der Waals surface area contributed by atoms with Crippen LogP contribution in [0, 0.1) is 0 Å². The van der Waals surface area contributed by atoms with Crippen molar-refractivity contribution in [2.75, 3.05) is 0 Å². The number of hydrogen-bond donors (Lipinski definition) is 0. The summed E-state index contributed by atoms with van der Waals surface area (Å²) in [5.74, 6) is 0. The van der Waals surface area contributed by atoms with Crippen LogP contribution in [0.5, 0.6) is 0 Å². The highest BCUT2D eigenvalue weighted by Crippen LogP contribution is 2.04. The van der Waals surface area contributed by atoms with E-state index in [1.165, 1.54) is 0 Å². The second kappa shape index (κ2) is 2.12. The molecule has 1 aliphatic heterocycles. The van der Waals surface area contributed by atoms with Crippen molar-refractivity contribution in [3.05, 3.63) is 12.2 Å². The molecule has 1 heterocycles. The number of dihydropyridines is 1. The predicted octanol–water partition coefficient (Wildman–Crippen LogP) is 1.80. The molecular formula is C7H11N. The van der Waals surface area contributed by atoms with Gasteiger partial charge in [-0.05, 0) is 26.3 Å². The highest BCUT2D eigenvalue weighted by atomic mass is 14.8. The Hall–Kier alpha value is -0.590. The van der Waals surface area contributed by atoms with Crippen molar-refractivity contribution in [3.8, 4) is 0 Å². The van der Waals surface area contributed by atoms with Gasteiger partial charge in [-0.2, -0.15) is 0 Å². The van der Waals surface area contributed by atoms with Crippen LogP contribution in [-0.2, 0) is 0 Å². The molecular weight excluding hydrogens is 98.1 g/mol. The van der Waals surface area contributed by atoms with Gasteiger partial charge < -0.3 is 0 Å². The maximum atomic E-state index is 4.31. The van der Waals surface area contributed by atoms with Gasteiger partial charge in [0.15, 0.2) is 0 Å². The van der Waals surface area contributed by atoms with Crippen LogP contribution in [0.3, 0.4) is 0 Å². The fourth-order valence-electron chi connectivity index (χ4n) is 0.879. The average molecular weight is 109 g/mol.